The Bertz CT molecular complexity index is 776. The highest BCUT2D eigenvalue weighted by molar-refractivity contribution is 9.13. The number of methoxy groups -OCH3 is 1. The first-order valence-corrected chi connectivity index (χ1v) is 13.0. The number of carboxylic acid groups (broad SMARTS) is 1. The monoisotopic (exact) mass is 578 g/mol. The Morgan fingerprint density at radius 3 is 2.61 bits per heavy atom. The van der Waals surface area contributed by atoms with Gasteiger partial charge in [0.15, 0.2) is 0 Å². The van der Waals surface area contributed by atoms with Crippen LogP contribution in [0.4, 0.5) is 0 Å². The molecule has 2 rings (SSSR count). The number of hydrogen-bond donors (Lipinski definition) is 3. The average Bonchev–Trinajstić information content (AvgIpc) is 3.13. The van der Waals surface area contributed by atoms with E-state index in [0.29, 0.717) is 25.7 Å². The maximum absolute atomic E-state index is 10.6. The Morgan fingerprint density at radius 1 is 1.26 bits per heavy atom. The first-order valence-electron chi connectivity index (χ1n) is 10.6. The van der Waals surface area contributed by atoms with E-state index < -0.39 is 18.2 Å². The lowest BCUT2D eigenvalue weighted by Gasteiger charge is -2.20. The first-order chi connectivity index (χ1) is 14.7. The molecule has 5 nitrogen and oxygen atoms in total. The molecule has 3 N–H and O–H groups in total. The van der Waals surface area contributed by atoms with Crippen molar-refractivity contribution in [2.24, 2.45) is 11.8 Å². The molecule has 1 aliphatic rings. The number of carboxylic acids is 1. The fourth-order valence-corrected chi connectivity index (χ4v) is 6.43. The second-order valence-electron chi connectivity index (χ2n) is 8.01. The van der Waals surface area contributed by atoms with Gasteiger partial charge in [-0.3, -0.25) is 4.79 Å². The quantitative estimate of drug-likeness (QED) is 0.220. The van der Waals surface area contributed by atoms with Crippen molar-refractivity contribution in [2.45, 2.75) is 70.2 Å². The van der Waals surface area contributed by atoms with Crippen molar-refractivity contribution in [3.05, 3.63) is 43.0 Å². The lowest BCUT2D eigenvalue weighted by Crippen LogP contribution is -2.20. The fourth-order valence-electron chi connectivity index (χ4n) is 3.98. The Hall–Kier alpha value is -0.510. The molecular weight excluding hydrogens is 548 g/mol. The van der Waals surface area contributed by atoms with Crippen LogP contribution < -0.4 is 0 Å². The lowest BCUT2D eigenvalue weighted by atomic mass is 9.89. The molecular formula is C23H32Br2O5S. The number of rotatable bonds is 12. The Labute approximate surface area is 205 Å². The van der Waals surface area contributed by atoms with E-state index in [1.165, 1.54) is 9.75 Å². The highest BCUT2D eigenvalue weighted by atomic mass is 79.9. The van der Waals surface area contributed by atoms with Gasteiger partial charge in [-0.15, -0.1) is 11.3 Å². The van der Waals surface area contributed by atoms with Crippen LogP contribution in [0.5, 0.6) is 0 Å². The predicted molar refractivity (Wildman–Crippen MR) is 132 cm³/mol. The van der Waals surface area contributed by atoms with E-state index in [4.69, 9.17) is 9.84 Å². The van der Waals surface area contributed by atoms with Gasteiger partial charge >= 0.3 is 5.97 Å². The van der Waals surface area contributed by atoms with E-state index in [1.807, 2.05) is 24.3 Å². The molecule has 0 saturated heterocycles. The summed E-state index contributed by atoms with van der Waals surface area (Å²) in [7, 11) is 1.69. The molecule has 1 saturated carbocycles. The molecule has 1 aliphatic carbocycles. The van der Waals surface area contributed by atoms with Gasteiger partial charge in [-0.25, -0.2) is 0 Å². The molecule has 0 bridgehead atoms. The van der Waals surface area contributed by atoms with Crippen LogP contribution in [0.3, 0.4) is 0 Å². The van der Waals surface area contributed by atoms with Gasteiger partial charge in [-0.1, -0.05) is 24.3 Å². The second kappa shape index (κ2) is 13.3. The second-order valence-corrected chi connectivity index (χ2v) is 10.9. The van der Waals surface area contributed by atoms with Crippen LogP contribution in [0.1, 0.15) is 48.3 Å². The van der Waals surface area contributed by atoms with E-state index >= 15 is 0 Å². The van der Waals surface area contributed by atoms with Crippen molar-refractivity contribution in [2.75, 3.05) is 7.11 Å². The third kappa shape index (κ3) is 8.09. The zero-order valence-corrected chi connectivity index (χ0v) is 22.0. The van der Waals surface area contributed by atoms with Crippen LogP contribution in [-0.2, 0) is 16.0 Å². The van der Waals surface area contributed by atoms with Crippen molar-refractivity contribution in [3.63, 3.8) is 0 Å². The molecule has 0 spiro atoms. The van der Waals surface area contributed by atoms with Crippen LogP contribution in [0.15, 0.2) is 33.2 Å². The van der Waals surface area contributed by atoms with Crippen molar-refractivity contribution >= 4 is 49.2 Å². The normalized spacial score (nSPS) is 25.1. The molecule has 0 aliphatic heterocycles. The number of unbranched alkanes of at least 4 members (excludes halogenated alkanes) is 1. The first kappa shape index (κ1) is 26.7. The summed E-state index contributed by atoms with van der Waals surface area (Å²) in [6, 6.07) is 0. The summed E-state index contributed by atoms with van der Waals surface area (Å²) in [6.07, 6.45) is 11.0. The van der Waals surface area contributed by atoms with Crippen LogP contribution in [0.25, 0.3) is 0 Å². The Kier molecular flexibility index (Phi) is 11.4. The smallest absolute Gasteiger partial charge is 0.303 e. The van der Waals surface area contributed by atoms with Gasteiger partial charge in [0.25, 0.3) is 0 Å². The Balaban J connectivity index is 1.92. The average molecular weight is 580 g/mol. The third-order valence-corrected chi connectivity index (χ3v) is 9.87. The summed E-state index contributed by atoms with van der Waals surface area (Å²) in [5.74, 6) is -0.958. The fraction of sp³-hybridized carbons (Fsp3) is 0.609. The number of aliphatic hydroxyl groups is 2. The number of ether oxygens (including phenoxy) is 1. The van der Waals surface area contributed by atoms with Crippen LogP contribution in [-0.4, -0.2) is 46.7 Å². The molecule has 0 radical (unpaired) electrons. The summed E-state index contributed by atoms with van der Waals surface area (Å²) >= 11 is 9.00. The molecule has 8 heteroatoms. The van der Waals surface area contributed by atoms with Gasteiger partial charge in [-0.05, 0) is 76.8 Å². The van der Waals surface area contributed by atoms with Crippen LogP contribution >= 0.6 is 43.2 Å². The van der Waals surface area contributed by atoms with E-state index in [-0.39, 0.29) is 24.4 Å². The number of aryl methyl sites for hydroxylation is 2. The standard InChI is InChI=1S/C23H32Br2O5S/c1-14-22(24)23(25)20(31-14)12-10-15(30-2)9-11-17-16(18(26)13-19(17)27)7-5-3-4-6-8-21(28)29/h3,5,9,11,15-19,26-27H,4,6-8,10,12-13H2,1-2H3,(H,28,29)/t15?,16-,17-,18?,19?/m1/s1. The van der Waals surface area contributed by atoms with E-state index in [1.54, 1.807) is 18.4 Å². The van der Waals surface area contributed by atoms with Crippen molar-refractivity contribution in [1.29, 1.82) is 0 Å². The zero-order valence-electron chi connectivity index (χ0n) is 18.0. The highest BCUT2D eigenvalue weighted by Gasteiger charge is 2.39. The topological polar surface area (TPSA) is 87.0 Å². The molecule has 1 aromatic rings. The number of carbonyl (C=O) groups is 1. The van der Waals surface area contributed by atoms with Crippen molar-refractivity contribution < 1.29 is 24.9 Å². The van der Waals surface area contributed by atoms with E-state index in [0.717, 1.165) is 21.8 Å². The number of thiophene rings is 1. The molecule has 0 aromatic carbocycles. The molecule has 5 atom stereocenters. The molecule has 1 heterocycles. The van der Waals surface area contributed by atoms with Crippen LogP contribution in [0, 0.1) is 18.8 Å². The number of aliphatic carboxylic acids is 1. The minimum Gasteiger partial charge on any atom is -0.481 e. The van der Waals surface area contributed by atoms with Gasteiger partial charge in [-0.2, -0.15) is 0 Å². The number of allylic oxidation sites excluding steroid dienone is 2. The number of halogens is 2. The molecule has 1 fully saturated rings. The molecule has 1 aromatic heterocycles. The number of aliphatic hydroxyl groups excluding tert-OH is 2. The summed E-state index contributed by atoms with van der Waals surface area (Å²) in [5, 5.41) is 29.5. The van der Waals surface area contributed by atoms with E-state index in [2.05, 4.69) is 38.8 Å². The molecule has 3 unspecified atom stereocenters. The van der Waals surface area contributed by atoms with Gasteiger partial charge in [0.2, 0.25) is 0 Å². The largest absolute Gasteiger partial charge is 0.481 e. The lowest BCUT2D eigenvalue weighted by molar-refractivity contribution is -0.137. The third-order valence-electron chi connectivity index (χ3n) is 5.78. The predicted octanol–water partition coefficient (Wildman–Crippen LogP) is 5.64. The van der Waals surface area contributed by atoms with Gasteiger partial charge < -0.3 is 20.1 Å². The Morgan fingerprint density at radius 2 is 2.00 bits per heavy atom. The van der Waals surface area contributed by atoms with E-state index in [9.17, 15) is 15.0 Å². The van der Waals surface area contributed by atoms with Gasteiger partial charge in [0.05, 0.1) is 18.3 Å². The molecule has 0 amide bonds. The van der Waals surface area contributed by atoms with Gasteiger partial charge in [0, 0.05) is 44.6 Å². The van der Waals surface area contributed by atoms with Crippen LogP contribution in [0.2, 0.25) is 0 Å². The summed E-state index contributed by atoms with van der Waals surface area (Å²) in [6.45, 7) is 2.09. The zero-order chi connectivity index (χ0) is 23.0. The minimum absolute atomic E-state index is 0.0514. The van der Waals surface area contributed by atoms with Crippen molar-refractivity contribution in [1.82, 2.24) is 0 Å². The van der Waals surface area contributed by atoms with Crippen molar-refractivity contribution in [3.8, 4) is 0 Å². The highest BCUT2D eigenvalue weighted by Crippen LogP contribution is 2.38. The summed E-state index contributed by atoms with van der Waals surface area (Å²) in [4.78, 5) is 13.1. The summed E-state index contributed by atoms with van der Waals surface area (Å²) < 4.78 is 7.86. The summed E-state index contributed by atoms with van der Waals surface area (Å²) in [5.41, 5.74) is 0. The van der Waals surface area contributed by atoms with Gasteiger partial charge in [0.1, 0.15) is 0 Å². The maximum atomic E-state index is 10.6. The molecule has 31 heavy (non-hydrogen) atoms. The maximum Gasteiger partial charge on any atom is 0.303 e. The minimum atomic E-state index is -0.783. The number of hydrogen-bond acceptors (Lipinski definition) is 5. The SMILES string of the molecule is COC(C=C[C@H]1C(O)CC(O)[C@@H]1CC=CCCCC(=O)O)CCc1sc(C)c(Br)c1Br. The molecule has 174 valence electrons.